The Morgan fingerprint density at radius 3 is 2.80 bits per heavy atom. The summed E-state index contributed by atoms with van der Waals surface area (Å²) >= 11 is 1.42. The van der Waals surface area contributed by atoms with Crippen LogP contribution in [0.3, 0.4) is 0 Å². The van der Waals surface area contributed by atoms with E-state index >= 15 is 0 Å². The molecule has 2 rings (SSSR count). The number of Topliss-reactive ketones (excluding diaryl/α,β-unsaturated/α-hetero) is 1. The van der Waals surface area contributed by atoms with E-state index in [2.05, 4.69) is 10.4 Å². The number of carbonyl (C=O) groups excluding carboxylic acids is 2. The summed E-state index contributed by atoms with van der Waals surface area (Å²) in [6, 6.07) is 3.43. The summed E-state index contributed by atoms with van der Waals surface area (Å²) in [7, 11) is 1.79. The van der Waals surface area contributed by atoms with Crippen LogP contribution in [0.25, 0.3) is 0 Å². The van der Waals surface area contributed by atoms with Crippen molar-refractivity contribution in [3.05, 3.63) is 39.8 Å². The molecule has 106 valence electrons. The molecular formula is C14H17N3O2S. The van der Waals surface area contributed by atoms with Gasteiger partial charge in [0, 0.05) is 25.2 Å². The average Bonchev–Trinajstić information content (AvgIpc) is 3.01. The van der Waals surface area contributed by atoms with Crippen LogP contribution in [0.4, 0.5) is 0 Å². The first-order valence-electron chi connectivity index (χ1n) is 6.35. The summed E-state index contributed by atoms with van der Waals surface area (Å²) < 4.78 is 1.65. The van der Waals surface area contributed by atoms with Gasteiger partial charge in [0.1, 0.15) is 0 Å². The van der Waals surface area contributed by atoms with E-state index in [-0.39, 0.29) is 17.7 Å². The van der Waals surface area contributed by atoms with E-state index in [0.717, 1.165) is 10.6 Å². The zero-order valence-corrected chi connectivity index (χ0v) is 12.5. The summed E-state index contributed by atoms with van der Waals surface area (Å²) in [5.41, 5.74) is 1.35. The molecule has 0 fully saturated rings. The molecule has 0 aromatic carbocycles. The molecule has 6 heteroatoms. The highest BCUT2D eigenvalue weighted by molar-refractivity contribution is 7.12. The van der Waals surface area contributed by atoms with Crippen LogP contribution in [0, 0.1) is 6.92 Å². The lowest BCUT2D eigenvalue weighted by Gasteiger charge is -2.12. The van der Waals surface area contributed by atoms with Crippen molar-refractivity contribution in [3.63, 3.8) is 0 Å². The quantitative estimate of drug-likeness (QED) is 0.859. The Balaban J connectivity index is 1.95. The number of thiophene rings is 1. The van der Waals surface area contributed by atoms with Gasteiger partial charge in [0.2, 0.25) is 0 Å². The first kappa shape index (κ1) is 14.5. The van der Waals surface area contributed by atoms with E-state index in [1.165, 1.54) is 11.3 Å². The summed E-state index contributed by atoms with van der Waals surface area (Å²) in [6.45, 7) is 3.67. The number of hydrogen-bond acceptors (Lipinski definition) is 4. The predicted octanol–water partition coefficient (Wildman–Crippen LogP) is 2.18. The van der Waals surface area contributed by atoms with Gasteiger partial charge in [-0.2, -0.15) is 5.10 Å². The minimum absolute atomic E-state index is 0.0516. The number of nitrogens with one attached hydrogen (secondary N) is 1. The Morgan fingerprint density at radius 1 is 1.50 bits per heavy atom. The number of hydrogen-bond donors (Lipinski definition) is 1. The van der Waals surface area contributed by atoms with Crippen molar-refractivity contribution < 1.29 is 9.59 Å². The number of aromatic nitrogens is 2. The second kappa shape index (κ2) is 6.00. The molecule has 0 radical (unpaired) electrons. The molecule has 1 amide bonds. The van der Waals surface area contributed by atoms with Gasteiger partial charge in [-0.1, -0.05) is 6.07 Å². The minimum Gasteiger partial charge on any atom is -0.349 e. The van der Waals surface area contributed by atoms with Crippen LogP contribution >= 0.6 is 11.3 Å². The Morgan fingerprint density at radius 2 is 2.25 bits per heavy atom. The molecule has 0 saturated heterocycles. The van der Waals surface area contributed by atoms with Gasteiger partial charge in [-0.05, 0) is 25.3 Å². The van der Waals surface area contributed by atoms with E-state index in [0.29, 0.717) is 12.0 Å². The molecule has 0 unspecified atom stereocenters. The topological polar surface area (TPSA) is 64.0 Å². The summed E-state index contributed by atoms with van der Waals surface area (Å²) in [5.74, 6) is -0.141. The van der Waals surface area contributed by atoms with Crippen molar-refractivity contribution in [1.29, 1.82) is 0 Å². The normalized spacial score (nSPS) is 12.2. The average molecular weight is 291 g/mol. The van der Waals surface area contributed by atoms with Crippen molar-refractivity contribution in [2.45, 2.75) is 26.3 Å². The van der Waals surface area contributed by atoms with Crippen LogP contribution in [0.1, 0.15) is 39.1 Å². The van der Waals surface area contributed by atoms with E-state index in [4.69, 9.17) is 0 Å². The molecule has 1 atom stereocenters. The molecule has 0 bridgehead atoms. The van der Waals surface area contributed by atoms with Gasteiger partial charge in [0.15, 0.2) is 5.78 Å². The molecule has 0 spiro atoms. The van der Waals surface area contributed by atoms with Crippen LogP contribution in [0.2, 0.25) is 0 Å². The van der Waals surface area contributed by atoms with E-state index in [1.54, 1.807) is 24.0 Å². The van der Waals surface area contributed by atoms with Gasteiger partial charge in [-0.15, -0.1) is 11.3 Å². The maximum Gasteiger partial charge on any atom is 0.254 e. The number of ketones is 1. The van der Waals surface area contributed by atoms with Gasteiger partial charge in [0.05, 0.1) is 16.6 Å². The number of carbonyl (C=O) groups is 2. The SMILES string of the molecule is Cc1c(C(=O)N[C@@H](C)CC(=O)c2cccs2)cnn1C. The monoisotopic (exact) mass is 291 g/mol. The molecule has 20 heavy (non-hydrogen) atoms. The second-order valence-electron chi connectivity index (χ2n) is 4.75. The van der Waals surface area contributed by atoms with Crippen LogP contribution in [0.5, 0.6) is 0 Å². The maximum absolute atomic E-state index is 12.1. The molecular weight excluding hydrogens is 274 g/mol. The highest BCUT2D eigenvalue weighted by atomic mass is 32.1. The lowest BCUT2D eigenvalue weighted by Crippen LogP contribution is -2.34. The Bertz CT molecular complexity index is 616. The first-order valence-corrected chi connectivity index (χ1v) is 7.23. The maximum atomic E-state index is 12.1. The third-order valence-electron chi connectivity index (χ3n) is 3.14. The standard InChI is InChI=1S/C14H17N3O2S/c1-9(7-12(18)13-5-4-6-20-13)16-14(19)11-8-15-17(3)10(11)2/h4-6,8-9H,7H2,1-3H3,(H,16,19)/t9-/m0/s1. The summed E-state index contributed by atoms with van der Waals surface area (Å²) in [5, 5.41) is 8.74. The van der Waals surface area contributed by atoms with Gasteiger partial charge in [0.25, 0.3) is 5.91 Å². The first-order chi connectivity index (χ1) is 9.49. The van der Waals surface area contributed by atoms with Crippen molar-refractivity contribution in [2.24, 2.45) is 7.05 Å². The zero-order chi connectivity index (χ0) is 14.7. The number of nitrogens with zero attached hydrogens (tertiary/aromatic N) is 2. The predicted molar refractivity (Wildman–Crippen MR) is 78.1 cm³/mol. The molecule has 0 aliphatic carbocycles. The van der Waals surface area contributed by atoms with Crippen LogP contribution < -0.4 is 5.32 Å². The fourth-order valence-corrected chi connectivity index (χ4v) is 2.57. The van der Waals surface area contributed by atoms with Gasteiger partial charge < -0.3 is 5.32 Å². The lowest BCUT2D eigenvalue weighted by atomic mass is 10.1. The highest BCUT2D eigenvalue weighted by Crippen LogP contribution is 2.13. The highest BCUT2D eigenvalue weighted by Gasteiger charge is 2.17. The van der Waals surface area contributed by atoms with Gasteiger partial charge in [-0.3, -0.25) is 14.3 Å². The fourth-order valence-electron chi connectivity index (χ4n) is 1.89. The van der Waals surface area contributed by atoms with Crippen LogP contribution in [-0.2, 0) is 7.05 Å². The van der Waals surface area contributed by atoms with Gasteiger partial charge in [-0.25, -0.2) is 0 Å². The number of amides is 1. The zero-order valence-electron chi connectivity index (χ0n) is 11.7. The molecule has 0 saturated carbocycles. The largest absolute Gasteiger partial charge is 0.349 e. The molecule has 0 aliphatic heterocycles. The molecule has 2 heterocycles. The van der Waals surface area contributed by atoms with E-state index < -0.39 is 0 Å². The minimum atomic E-state index is -0.211. The van der Waals surface area contributed by atoms with Crippen LogP contribution in [-0.4, -0.2) is 27.5 Å². The molecule has 2 aromatic rings. The van der Waals surface area contributed by atoms with E-state index in [9.17, 15) is 9.59 Å². The van der Waals surface area contributed by atoms with Crippen molar-refractivity contribution >= 4 is 23.0 Å². The van der Waals surface area contributed by atoms with E-state index in [1.807, 2.05) is 25.3 Å². The molecule has 2 aromatic heterocycles. The summed E-state index contributed by atoms with van der Waals surface area (Å²) in [6.07, 6.45) is 1.84. The van der Waals surface area contributed by atoms with Crippen LogP contribution in [0.15, 0.2) is 23.7 Å². The Kier molecular flexibility index (Phi) is 4.34. The molecule has 0 aliphatic rings. The smallest absolute Gasteiger partial charge is 0.254 e. The second-order valence-corrected chi connectivity index (χ2v) is 5.69. The third-order valence-corrected chi connectivity index (χ3v) is 4.06. The van der Waals surface area contributed by atoms with Gasteiger partial charge >= 0.3 is 0 Å². The third kappa shape index (κ3) is 3.14. The fraction of sp³-hybridized carbons (Fsp3) is 0.357. The Labute approximate surface area is 121 Å². The lowest BCUT2D eigenvalue weighted by molar-refractivity contribution is 0.0919. The van der Waals surface area contributed by atoms with Crippen molar-refractivity contribution in [1.82, 2.24) is 15.1 Å². The number of aryl methyl sites for hydroxylation is 1. The Hall–Kier alpha value is -1.95. The summed E-state index contributed by atoms with van der Waals surface area (Å²) in [4.78, 5) is 24.8. The molecule has 5 nitrogen and oxygen atoms in total. The molecule has 1 N–H and O–H groups in total. The number of rotatable bonds is 5. The van der Waals surface area contributed by atoms with Crippen molar-refractivity contribution in [2.75, 3.05) is 0 Å². The van der Waals surface area contributed by atoms with Crippen molar-refractivity contribution in [3.8, 4) is 0 Å².